The van der Waals surface area contributed by atoms with Gasteiger partial charge in [-0.2, -0.15) is 0 Å². The molecule has 0 aromatic heterocycles. The van der Waals surface area contributed by atoms with Crippen LogP contribution in [0.4, 0.5) is 4.39 Å². The van der Waals surface area contributed by atoms with E-state index in [0.717, 1.165) is 18.4 Å². The van der Waals surface area contributed by atoms with Crippen LogP contribution >= 0.6 is 0 Å². The summed E-state index contributed by atoms with van der Waals surface area (Å²) in [5.41, 5.74) is 2.06. The maximum Gasteiger partial charge on any atom is 0.128 e. The molecule has 2 heteroatoms. The van der Waals surface area contributed by atoms with Gasteiger partial charge in [-0.25, -0.2) is 4.39 Å². The highest BCUT2D eigenvalue weighted by Crippen LogP contribution is 2.39. The van der Waals surface area contributed by atoms with Crippen molar-refractivity contribution in [3.8, 4) is 0 Å². The van der Waals surface area contributed by atoms with Gasteiger partial charge in [0, 0.05) is 12.1 Å². The lowest BCUT2D eigenvalue weighted by Crippen LogP contribution is -2.39. The summed E-state index contributed by atoms with van der Waals surface area (Å²) in [6.07, 6.45) is 3.71. The van der Waals surface area contributed by atoms with Crippen molar-refractivity contribution in [3.63, 3.8) is 0 Å². The number of fused-ring (bicyclic) bond motifs is 2. The molecule has 1 nitrogen and oxygen atoms in total. The highest BCUT2D eigenvalue weighted by Gasteiger charge is 2.37. The van der Waals surface area contributed by atoms with Crippen molar-refractivity contribution < 1.29 is 4.39 Å². The summed E-state index contributed by atoms with van der Waals surface area (Å²) in [5, 5.41) is 3.57. The van der Waals surface area contributed by atoms with Crippen molar-refractivity contribution in [2.75, 3.05) is 0 Å². The molecule has 1 aromatic rings. The van der Waals surface area contributed by atoms with Crippen molar-refractivity contribution in [3.05, 3.63) is 35.4 Å². The van der Waals surface area contributed by atoms with E-state index in [1.54, 1.807) is 0 Å². The molecule has 2 saturated heterocycles. The van der Waals surface area contributed by atoms with Gasteiger partial charge in [0.1, 0.15) is 6.17 Å². The monoisotopic (exact) mass is 233 g/mol. The summed E-state index contributed by atoms with van der Waals surface area (Å²) >= 11 is 0. The number of hydrogen-bond acceptors (Lipinski definition) is 1. The highest BCUT2D eigenvalue weighted by molar-refractivity contribution is 5.24. The third kappa shape index (κ3) is 2.23. The van der Waals surface area contributed by atoms with E-state index in [1.807, 2.05) is 31.2 Å². The first-order valence-corrected chi connectivity index (χ1v) is 6.69. The van der Waals surface area contributed by atoms with Gasteiger partial charge in [0.2, 0.25) is 0 Å². The Morgan fingerprint density at radius 2 is 1.71 bits per heavy atom. The first-order chi connectivity index (χ1) is 8.22. The van der Waals surface area contributed by atoms with Crippen LogP contribution in [-0.4, -0.2) is 12.1 Å². The van der Waals surface area contributed by atoms with Crippen LogP contribution in [0, 0.1) is 12.8 Å². The predicted octanol–water partition coefficient (Wildman–Crippen LogP) is 3.54. The molecule has 17 heavy (non-hydrogen) atoms. The molecule has 0 amide bonds. The zero-order valence-corrected chi connectivity index (χ0v) is 10.3. The van der Waals surface area contributed by atoms with Crippen LogP contribution in [0.1, 0.15) is 43.0 Å². The molecule has 2 aliphatic heterocycles. The standard InChI is InChI=1S/C15H20FN/c1-10-2-4-11(5-3-10)15(16)12-8-13-6-7-14(9-12)17-13/h2-5,12-15,17H,6-9H2,1H3. The molecule has 2 heterocycles. The van der Waals surface area contributed by atoms with E-state index >= 15 is 0 Å². The number of alkyl halides is 1. The number of aryl methyl sites for hydroxylation is 1. The molecule has 3 unspecified atom stereocenters. The number of benzene rings is 1. The van der Waals surface area contributed by atoms with Gasteiger partial charge in [0.25, 0.3) is 0 Å². The maximum absolute atomic E-state index is 14.5. The van der Waals surface area contributed by atoms with Crippen molar-refractivity contribution in [1.29, 1.82) is 0 Å². The maximum atomic E-state index is 14.5. The van der Waals surface area contributed by atoms with E-state index in [2.05, 4.69) is 5.32 Å². The van der Waals surface area contributed by atoms with Crippen molar-refractivity contribution in [2.45, 2.75) is 50.9 Å². The predicted molar refractivity (Wildman–Crippen MR) is 67.7 cm³/mol. The average Bonchev–Trinajstić information content (AvgIpc) is 2.68. The van der Waals surface area contributed by atoms with E-state index in [-0.39, 0.29) is 5.92 Å². The smallest absolute Gasteiger partial charge is 0.128 e. The molecular formula is C15H20FN. The third-order valence-corrected chi connectivity index (χ3v) is 4.32. The Morgan fingerprint density at radius 3 is 2.29 bits per heavy atom. The molecule has 0 spiro atoms. The summed E-state index contributed by atoms with van der Waals surface area (Å²) in [6.45, 7) is 2.04. The third-order valence-electron chi connectivity index (χ3n) is 4.32. The van der Waals surface area contributed by atoms with Crippen LogP contribution in [0.3, 0.4) is 0 Å². The molecule has 0 radical (unpaired) electrons. The van der Waals surface area contributed by atoms with Gasteiger partial charge in [-0.05, 0) is 44.1 Å². The molecule has 2 aliphatic rings. The molecule has 0 aliphatic carbocycles. The van der Waals surface area contributed by atoms with Crippen LogP contribution < -0.4 is 5.32 Å². The van der Waals surface area contributed by atoms with E-state index in [9.17, 15) is 4.39 Å². The minimum absolute atomic E-state index is 0.219. The van der Waals surface area contributed by atoms with Crippen molar-refractivity contribution in [2.24, 2.45) is 5.92 Å². The van der Waals surface area contributed by atoms with Crippen molar-refractivity contribution >= 4 is 0 Å². The Labute approximate surface area is 102 Å². The first kappa shape index (κ1) is 11.2. The first-order valence-electron chi connectivity index (χ1n) is 6.69. The minimum Gasteiger partial charge on any atom is -0.311 e. The number of piperidine rings is 1. The van der Waals surface area contributed by atoms with Gasteiger partial charge in [0.05, 0.1) is 0 Å². The normalized spacial score (nSPS) is 33.6. The van der Waals surface area contributed by atoms with Gasteiger partial charge >= 0.3 is 0 Å². The largest absolute Gasteiger partial charge is 0.311 e. The molecular weight excluding hydrogens is 213 g/mol. The molecule has 2 fully saturated rings. The Morgan fingerprint density at radius 1 is 1.12 bits per heavy atom. The molecule has 2 bridgehead atoms. The Bertz CT molecular complexity index is 374. The molecule has 3 atom stereocenters. The second-order valence-corrected chi connectivity index (χ2v) is 5.68. The fourth-order valence-corrected chi connectivity index (χ4v) is 3.36. The fraction of sp³-hybridized carbons (Fsp3) is 0.600. The minimum atomic E-state index is -0.777. The lowest BCUT2D eigenvalue weighted by molar-refractivity contribution is 0.164. The molecule has 1 N–H and O–H groups in total. The van der Waals surface area contributed by atoms with Gasteiger partial charge < -0.3 is 5.32 Å². The summed E-state index contributed by atoms with van der Waals surface area (Å²) in [5.74, 6) is 0.219. The van der Waals surface area contributed by atoms with Crippen LogP contribution in [0.25, 0.3) is 0 Å². The van der Waals surface area contributed by atoms with Crippen LogP contribution in [0.5, 0.6) is 0 Å². The quantitative estimate of drug-likeness (QED) is 0.824. The summed E-state index contributed by atoms with van der Waals surface area (Å²) in [6, 6.07) is 9.06. The van der Waals surface area contributed by atoms with Gasteiger partial charge in [-0.1, -0.05) is 29.8 Å². The second-order valence-electron chi connectivity index (χ2n) is 5.68. The molecule has 1 aromatic carbocycles. The Hall–Kier alpha value is -0.890. The van der Waals surface area contributed by atoms with Crippen LogP contribution in [-0.2, 0) is 0 Å². The van der Waals surface area contributed by atoms with Crippen LogP contribution in [0.2, 0.25) is 0 Å². The van der Waals surface area contributed by atoms with E-state index in [0.29, 0.717) is 12.1 Å². The number of halogens is 1. The molecule has 92 valence electrons. The summed E-state index contributed by atoms with van der Waals surface area (Å²) in [7, 11) is 0. The zero-order valence-electron chi connectivity index (χ0n) is 10.3. The van der Waals surface area contributed by atoms with Crippen LogP contribution in [0.15, 0.2) is 24.3 Å². The number of nitrogens with one attached hydrogen (secondary N) is 1. The number of hydrogen-bond donors (Lipinski definition) is 1. The van der Waals surface area contributed by atoms with Gasteiger partial charge in [-0.3, -0.25) is 0 Å². The lowest BCUT2D eigenvalue weighted by atomic mass is 9.85. The second kappa shape index (κ2) is 4.41. The van der Waals surface area contributed by atoms with Gasteiger partial charge in [-0.15, -0.1) is 0 Å². The lowest BCUT2D eigenvalue weighted by Gasteiger charge is -2.31. The van der Waals surface area contributed by atoms with E-state index in [4.69, 9.17) is 0 Å². The highest BCUT2D eigenvalue weighted by atomic mass is 19.1. The SMILES string of the molecule is Cc1ccc(C(F)C2CC3CCC(C2)N3)cc1. The zero-order chi connectivity index (χ0) is 11.8. The molecule has 3 rings (SSSR count). The summed E-state index contributed by atoms with van der Waals surface area (Å²) in [4.78, 5) is 0. The summed E-state index contributed by atoms with van der Waals surface area (Å²) < 4.78 is 14.5. The van der Waals surface area contributed by atoms with Gasteiger partial charge in [0.15, 0.2) is 0 Å². The van der Waals surface area contributed by atoms with E-state index in [1.165, 1.54) is 18.4 Å². The fourth-order valence-electron chi connectivity index (χ4n) is 3.36. The van der Waals surface area contributed by atoms with Crippen molar-refractivity contribution in [1.82, 2.24) is 5.32 Å². The Balaban J connectivity index is 1.73. The topological polar surface area (TPSA) is 12.0 Å². The average molecular weight is 233 g/mol. The Kier molecular flexibility index (Phi) is 2.91. The molecule has 0 saturated carbocycles. The van der Waals surface area contributed by atoms with E-state index < -0.39 is 6.17 Å². The number of rotatable bonds is 2.